The number of rotatable bonds is 6. The lowest BCUT2D eigenvalue weighted by molar-refractivity contribution is -0.116. The summed E-state index contributed by atoms with van der Waals surface area (Å²) >= 11 is 1.44. The maximum atomic E-state index is 11.4. The molecule has 0 aromatic carbocycles. The molecule has 0 amide bonds. The number of ketones is 1. The summed E-state index contributed by atoms with van der Waals surface area (Å²) in [7, 11) is 0. The van der Waals surface area contributed by atoms with Crippen molar-refractivity contribution in [1.29, 1.82) is 0 Å². The van der Waals surface area contributed by atoms with Crippen LogP contribution in [-0.4, -0.2) is 25.8 Å². The van der Waals surface area contributed by atoms with Crippen LogP contribution in [0.4, 0.5) is 0 Å². The number of furan rings is 1. The number of carbonyl (C=O) groups excluding carboxylic acids is 1. The highest BCUT2D eigenvalue weighted by Gasteiger charge is 2.20. The largest absolute Gasteiger partial charge is 0.461 e. The first kappa shape index (κ1) is 14.8. The zero-order valence-electron chi connectivity index (χ0n) is 12.2. The van der Waals surface area contributed by atoms with Crippen LogP contribution >= 0.6 is 11.8 Å². The van der Waals surface area contributed by atoms with E-state index in [9.17, 15) is 4.79 Å². The Morgan fingerprint density at radius 1 is 1.40 bits per heavy atom. The number of hydrogen-bond donors (Lipinski definition) is 0. The first-order valence-corrected chi connectivity index (χ1v) is 7.51. The maximum Gasteiger partial charge on any atom is 0.200 e. The highest BCUT2D eigenvalue weighted by molar-refractivity contribution is 8.00. The molecule has 0 saturated heterocycles. The maximum absolute atomic E-state index is 11.4. The van der Waals surface area contributed by atoms with Crippen molar-refractivity contribution in [2.24, 2.45) is 5.92 Å². The summed E-state index contributed by atoms with van der Waals surface area (Å²) in [6.45, 7) is 8.53. The lowest BCUT2D eigenvalue weighted by Crippen LogP contribution is -2.12. The number of Topliss-reactive ketones (excluding diaryl/α,β-unsaturated/α-hetero) is 1. The summed E-state index contributed by atoms with van der Waals surface area (Å²) in [6.07, 6.45) is 1.62. The van der Waals surface area contributed by atoms with Crippen molar-refractivity contribution in [2.75, 3.05) is 0 Å². The van der Waals surface area contributed by atoms with E-state index in [1.54, 1.807) is 13.2 Å². The second kappa shape index (κ2) is 6.26. The van der Waals surface area contributed by atoms with Crippen LogP contribution in [-0.2, 0) is 11.3 Å². The minimum Gasteiger partial charge on any atom is -0.461 e. The van der Waals surface area contributed by atoms with Crippen molar-refractivity contribution in [3.63, 3.8) is 0 Å². The zero-order valence-corrected chi connectivity index (χ0v) is 13.0. The quantitative estimate of drug-likeness (QED) is 0.765. The van der Waals surface area contributed by atoms with Crippen LogP contribution in [0.3, 0.4) is 0 Å². The van der Waals surface area contributed by atoms with Crippen molar-refractivity contribution >= 4 is 17.5 Å². The Balaban J connectivity index is 2.35. The van der Waals surface area contributed by atoms with Gasteiger partial charge in [-0.1, -0.05) is 25.6 Å². The van der Waals surface area contributed by atoms with Gasteiger partial charge in [-0.3, -0.25) is 9.36 Å². The molecule has 6 heteroatoms. The molecule has 0 bridgehead atoms. The fourth-order valence-corrected chi connectivity index (χ4v) is 2.59. The molecular formula is C14H19N3O2S. The lowest BCUT2D eigenvalue weighted by atomic mass is 10.2. The van der Waals surface area contributed by atoms with Crippen LogP contribution < -0.4 is 0 Å². The van der Waals surface area contributed by atoms with Gasteiger partial charge in [-0.2, -0.15) is 0 Å². The fourth-order valence-electron chi connectivity index (χ4n) is 1.73. The molecule has 2 aromatic rings. The molecule has 2 rings (SSSR count). The smallest absolute Gasteiger partial charge is 0.200 e. The van der Waals surface area contributed by atoms with Crippen molar-refractivity contribution in [1.82, 2.24) is 14.8 Å². The van der Waals surface area contributed by atoms with Gasteiger partial charge in [0.25, 0.3) is 0 Å². The normalized spacial score (nSPS) is 12.8. The molecule has 108 valence electrons. The summed E-state index contributed by atoms with van der Waals surface area (Å²) in [5, 5.41) is 9.05. The highest BCUT2D eigenvalue weighted by Crippen LogP contribution is 2.28. The molecular weight excluding hydrogens is 274 g/mol. The van der Waals surface area contributed by atoms with E-state index in [4.69, 9.17) is 4.42 Å². The average Bonchev–Trinajstić information content (AvgIpc) is 2.99. The van der Waals surface area contributed by atoms with Gasteiger partial charge in [-0.25, -0.2) is 0 Å². The van der Waals surface area contributed by atoms with Crippen LogP contribution in [0.15, 0.2) is 28.0 Å². The number of hydrogen-bond acceptors (Lipinski definition) is 5. The van der Waals surface area contributed by atoms with Gasteiger partial charge in [0.2, 0.25) is 0 Å². The van der Waals surface area contributed by atoms with Gasteiger partial charge in [-0.15, -0.1) is 10.2 Å². The van der Waals surface area contributed by atoms with Crippen molar-refractivity contribution < 1.29 is 9.21 Å². The number of nitrogens with zero attached hydrogens (tertiary/aromatic N) is 3. The molecule has 0 aliphatic carbocycles. The number of carbonyl (C=O) groups is 1. The summed E-state index contributed by atoms with van der Waals surface area (Å²) in [4.78, 5) is 11.4. The Labute approximate surface area is 122 Å². The molecule has 0 fully saturated rings. The third kappa shape index (κ3) is 3.30. The van der Waals surface area contributed by atoms with Crippen LogP contribution in [0.5, 0.6) is 0 Å². The Bertz CT molecular complexity index is 575. The van der Waals surface area contributed by atoms with Crippen molar-refractivity contribution in [2.45, 2.75) is 44.6 Å². The first-order valence-electron chi connectivity index (χ1n) is 6.63. The molecule has 2 aromatic heterocycles. The van der Waals surface area contributed by atoms with Crippen LogP contribution in [0.2, 0.25) is 0 Å². The number of aromatic nitrogens is 3. The SMILES string of the molecule is CC(=O)C(C)Sc1nnc(-c2ccco2)n1CC(C)C. The predicted octanol–water partition coefficient (Wildman–Crippen LogP) is 3.26. The Morgan fingerprint density at radius 2 is 2.15 bits per heavy atom. The van der Waals surface area contributed by atoms with Gasteiger partial charge in [0, 0.05) is 6.54 Å². The predicted molar refractivity (Wildman–Crippen MR) is 78.6 cm³/mol. The van der Waals surface area contributed by atoms with E-state index in [1.165, 1.54) is 11.8 Å². The van der Waals surface area contributed by atoms with Gasteiger partial charge < -0.3 is 4.42 Å². The van der Waals surface area contributed by atoms with E-state index in [-0.39, 0.29) is 11.0 Å². The Hall–Kier alpha value is -1.56. The molecule has 0 aliphatic heterocycles. The lowest BCUT2D eigenvalue weighted by Gasteiger charge is -2.13. The monoisotopic (exact) mass is 293 g/mol. The second-order valence-electron chi connectivity index (χ2n) is 5.16. The molecule has 20 heavy (non-hydrogen) atoms. The van der Waals surface area contributed by atoms with E-state index in [2.05, 4.69) is 24.0 Å². The second-order valence-corrected chi connectivity index (χ2v) is 6.47. The Morgan fingerprint density at radius 3 is 2.70 bits per heavy atom. The van der Waals surface area contributed by atoms with Gasteiger partial charge in [0.05, 0.1) is 11.5 Å². The van der Waals surface area contributed by atoms with Gasteiger partial charge in [-0.05, 0) is 31.9 Å². The molecule has 0 aliphatic rings. The summed E-state index contributed by atoms with van der Waals surface area (Å²) in [5.74, 6) is 1.99. The van der Waals surface area contributed by atoms with E-state index in [0.29, 0.717) is 17.5 Å². The van der Waals surface area contributed by atoms with E-state index < -0.39 is 0 Å². The van der Waals surface area contributed by atoms with E-state index in [1.807, 2.05) is 23.6 Å². The third-order valence-electron chi connectivity index (χ3n) is 2.86. The van der Waals surface area contributed by atoms with Crippen LogP contribution in [0, 0.1) is 5.92 Å². The van der Waals surface area contributed by atoms with Crippen LogP contribution in [0.25, 0.3) is 11.6 Å². The van der Waals surface area contributed by atoms with E-state index in [0.717, 1.165) is 11.7 Å². The molecule has 1 atom stereocenters. The molecule has 2 heterocycles. The molecule has 1 unspecified atom stereocenters. The molecule has 0 radical (unpaired) electrons. The third-order valence-corrected chi connectivity index (χ3v) is 4.06. The minimum absolute atomic E-state index is 0.130. The standard InChI is InChI=1S/C14H19N3O2S/c1-9(2)8-17-13(12-6-5-7-19-12)15-16-14(17)20-11(4)10(3)18/h5-7,9,11H,8H2,1-4H3. The topological polar surface area (TPSA) is 60.9 Å². The fraction of sp³-hybridized carbons (Fsp3) is 0.500. The highest BCUT2D eigenvalue weighted by atomic mass is 32.2. The number of thioether (sulfide) groups is 1. The van der Waals surface area contributed by atoms with Crippen LogP contribution in [0.1, 0.15) is 27.7 Å². The average molecular weight is 293 g/mol. The van der Waals surface area contributed by atoms with Crippen molar-refractivity contribution in [3.8, 4) is 11.6 Å². The first-order chi connectivity index (χ1) is 9.49. The van der Waals surface area contributed by atoms with E-state index >= 15 is 0 Å². The van der Waals surface area contributed by atoms with Gasteiger partial charge in [0.15, 0.2) is 16.7 Å². The molecule has 0 N–H and O–H groups in total. The summed E-state index contributed by atoms with van der Waals surface area (Å²) < 4.78 is 7.43. The van der Waals surface area contributed by atoms with Gasteiger partial charge in [0.1, 0.15) is 5.78 Å². The van der Waals surface area contributed by atoms with Gasteiger partial charge >= 0.3 is 0 Å². The molecule has 0 saturated carbocycles. The van der Waals surface area contributed by atoms with Crippen molar-refractivity contribution in [3.05, 3.63) is 18.4 Å². The summed E-state index contributed by atoms with van der Waals surface area (Å²) in [5.41, 5.74) is 0. The summed E-state index contributed by atoms with van der Waals surface area (Å²) in [6, 6.07) is 3.69. The molecule has 5 nitrogen and oxygen atoms in total. The minimum atomic E-state index is -0.130. The Kier molecular flexibility index (Phi) is 4.65. The molecule has 0 spiro atoms. The zero-order chi connectivity index (χ0) is 14.7.